The maximum atomic E-state index is 12.1. The third-order valence-electron chi connectivity index (χ3n) is 3.48. The second-order valence-corrected chi connectivity index (χ2v) is 6.72. The lowest BCUT2D eigenvalue weighted by Crippen LogP contribution is -2.27. The molecule has 0 unspecified atom stereocenters. The van der Waals surface area contributed by atoms with Gasteiger partial charge in [-0.3, -0.25) is 0 Å². The van der Waals surface area contributed by atoms with Crippen LogP contribution in [0.15, 0.2) is 60.0 Å². The van der Waals surface area contributed by atoms with Crippen molar-refractivity contribution >= 4 is 16.1 Å². The zero-order chi connectivity index (χ0) is 17.4. The second kappa shape index (κ2) is 8.63. The van der Waals surface area contributed by atoms with E-state index < -0.39 is 16.1 Å². The number of hydrogen-bond acceptors (Lipinski definition) is 4. The van der Waals surface area contributed by atoms with Gasteiger partial charge in [0.25, 0.3) is 0 Å². The van der Waals surface area contributed by atoms with Gasteiger partial charge in [-0.1, -0.05) is 48.5 Å². The summed E-state index contributed by atoms with van der Waals surface area (Å²) in [5.74, 6) is 0.656. The van der Waals surface area contributed by atoms with Crippen LogP contribution in [0.2, 0.25) is 0 Å². The van der Waals surface area contributed by atoms with Crippen molar-refractivity contribution in [2.24, 2.45) is 0 Å². The van der Waals surface area contributed by atoms with E-state index in [1.165, 1.54) is 7.11 Å². The zero-order valence-electron chi connectivity index (χ0n) is 13.7. The fourth-order valence-corrected chi connectivity index (χ4v) is 3.04. The molecule has 0 saturated carbocycles. The molecule has 0 fully saturated rings. The third-order valence-corrected chi connectivity index (χ3v) is 4.54. The standard InChI is InChI=1S/C18H21NO4S/c1-22-17-11-7-6-10-16(17)18(23-2)14-19-24(20,21)13-12-15-8-4-3-5-9-15/h3-13,18-19H,14H2,1-2H3/b13-12+/t18-/m0/s1. The molecule has 0 amide bonds. The van der Waals surface area contributed by atoms with E-state index in [1.54, 1.807) is 13.2 Å². The topological polar surface area (TPSA) is 64.6 Å². The molecule has 2 aromatic rings. The van der Waals surface area contributed by atoms with E-state index in [-0.39, 0.29) is 6.54 Å². The van der Waals surface area contributed by atoms with E-state index in [0.29, 0.717) is 5.75 Å². The highest BCUT2D eigenvalue weighted by atomic mass is 32.2. The zero-order valence-corrected chi connectivity index (χ0v) is 14.5. The molecule has 0 bridgehead atoms. The van der Waals surface area contributed by atoms with Crippen LogP contribution in [-0.2, 0) is 14.8 Å². The average molecular weight is 347 g/mol. The van der Waals surface area contributed by atoms with Crippen molar-refractivity contribution in [1.29, 1.82) is 0 Å². The monoisotopic (exact) mass is 347 g/mol. The molecule has 0 saturated heterocycles. The second-order valence-electron chi connectivity index (χ2n) is 5.07. The van der Waals surface area contributed by atoms with E-state index in [4.69, 9.17) is 9.47 Å². The highest BCUT2D eigenvalue weighted by Gasteiger charge is 2.17. The lowest BCUT2D eigenvalue weighted by atomic mass is 10.1. The quantitative estimate of drug-likeness (QED) is 0.797. The van der Waals surface area contributed by atoms with Gasteiger partial charge in [0.05, 0.1) is 13.2 Å². The maximum Gasteiger partial charge on any atom is 0.233 e. The molecule has 0 spiro atoms. The number of benzene rings is 2. The molecule has 0 aliphatic rings. The Kier molecular flexibility index (Phi) is 6.54. The molecular formula is C18H21NO4S. The summed E-state index contributed by atoms with van der Waals surface area (Å²) in [6.45, 7) is 0.109. The number of hydrogen-bond donors (Lipinski definition) is 1. The van der Waals surface area contributed by atoms with Crippen molar-refractivity contribution < 1.29 is 17.9 Å². The number of ether oxygens (including phenoxy) is 2. The Labute approximate surface area is 143 Å². The van der Waals surface area contributed by atoms with E-state index in [0.717, 1.165) is 16.5 Å². The van der Waals surface area contributed by atoms with Crippen LogP contribution < -0.4 is 9.46 Å². The third kappa shape index (κ3) is 5.19. The lowest BCUT2D eigenvalue weighted by Gasteiger charge is -2.18. The van der Waals surface area contributed by atoms with Crippen LogP contribution in [0.25, 0.3) is 6.08 Å². The molecular weight excluding hydrogens is 326 g/mol. The minimum absolute atomic E-state index is 0.109. The van der Waals surface area contributed by atoms with E-state index in [1.807, 2.05) is 54.6 Å². The Morgan fingerprint density at radius 2 is 1.71 bits per heavy atom. The van der Waals surface area contributed by atoms with Crippen molar-refractivity contribution in [3.8, 4) is 5.75 Å². The first-order chi connectivity index (χ1) is 11.6. The molecule has 1 N–H and O–H groups in total. The van der Waals surface area contributed by atoms with E-state index >= 15 is 0 Å². The maximum absolute atomic E-state index is 12.1. The first kappa shape index (κ1) is 18.2. The van der Waals surface area contributed by atoms with Crippen molar-refractivity contribution in [1.82, 2.24) is 4.72 Å². The number of para-hydroxylation sites is 1. The normalized spacial score (nSPS) is 13.1. The molecule has 24 heavy (non-hydrogen) atoms. The van der Waals surface area contributed by atoms with Crippen LogP contribution >= 0.6 is 0 Å². The van der Waals surface area contributed by atoms with Crippen LogP contribution in [0.3, 0.4) is 0 Å². The smallest absolute Gasteiger partial charge is 0.233 e. The van der Waals surface area contributed by atoms with Crippen LogP contribution in [0.5, 0.6) is 5.75 Å². The van der Waals surface area contributed by atoms with Gasteiger partial charge >= 0.3 is 0 Å². The summed E-state index contributed by atoms with van der Waals surface area (Å²) < 4.78 is 37.5. The number of sulfonamides is 1. The fraction of sp³-hybridized carbons (Fsp3) is 0.222. The Bertz CT molecular complexity index is 773. The number of nitrogens with one attached hydrogen (secondary N) is 1. The van der Waals surface area contributed by atoms with Crippen molar-refractivity contribution in [3.63, 3.8) is 0 Å². The van der Waals surface area contributed by atoms with Crippen molar-refractivity contribution in [2.75, 3.05) is 20.8 Å². The van der Waals surface area contributed by atoms with Gasteiger partial charge in [-0.05, 0) is 17.7 Å². The van der Waals surface area contributed by atoms with Gasteiger partial charge in [0.15, 0.2) is 0 Å². The summed E-state index contributed by atoms with van der Waals surface area (Å²) >= 11 is 0. The predicted molar refractivity (Wildman–Crippen MR) is 95.1 cm³/mol. The van der Waals surface area contributed by atoms with Gasteiger partial charge in [0.2, 0.25) is 10.0 Å². The molecule has 1 atom stereocenters. The minimum atomic E-state index is -3.56. The predicted octanol–water partition coefficient (Wildman–Crippen LogP) is 2.97. The molecule has 0 aliphatic carbocycles. The SMILES string of the molecule is COc1ccccc1[C@H](CNS(=O)(=O)/C=C/c1ccccc1)OC. The van der Waals surface area contributed by atoms with Gasteiger partial charge in [0, 0.05) is 24.6 Å². The Balaban J connectivity index is 2.05. The Morgan fingerprint density at radius 1 is 1.04 bits per heavy atom. The fourth-order valence-electron chi connectivity index (χ4n) is 2.22. The summed E-state index contributed by atoms with van der Waals surface area (Å²) in [6.07, 6.45) is 1.11. The van der Waals surface area contributed by atoms with Gasteiger partial charge < -0.3 is 9.47 Å². The highest BCUT2D eigenvalue weighted by molar-refractivity contribution is 7.92. The molecule has 0 aliphatic heterocycles. The lowest BCUT2D eigenvalue weighted by molar-refractivity contribution is 0.105. The molecule has 5 nitrogen and oxygen atoms in total. The Hall–Kier alpha value is -2.15. The van der Waals surface area contributed by atoms with E-state index in [9.17, 15) is 8.42 Å². The number of methoxy groups -OCH3 is 2. The van der Waals surface area contributed by atoms with Crippen LogP contribution in [0.1, 0.15) is 17.2 Å². The molecule has 2 aromatic carbocycles. The minimum Gasteiger partial charge on any atom is -0.496 e. The number of rotatable bonds is 8. The molecule has 128 valence electrons. The molecule has 0 radical (unpaired) electrons. The largest absolute Gasteiger partial charge is 0.496 e. The molecule has 6 heteroatoms. The molecule has 2 rings (SSSR count). The van der Waals surface area contributed by atoms with E-state index in [2.05, 4.69) is 4.72 Å². The first-order valence-electron chi connectivity index (χ1n) is 7.44. The first-order valence-corrected chi connectivity index (χ1v) is 8.99. The summed E-state index contributed by atoms with van der Waals surface area (Å²) in [6, 6.07) is 16.6. The average Bonchev–Trinajstić information content (AvgIpc) is 2.62. The molecule has 0 heterocycles. The van der Waals surface area contributed by atoms with Crippen LogP contribution in [-0.4, -0.2) is 29.2 Å². The summed E-state index contributed by atoms with van der Waals surface area (Å²) in [4.78, 5) is 0. The van der Waals surface area contributed by atoms with Gasteiger partial charge in [0.1, 0.15) is 5.75 Å². The van der Waals surface area contributed by atoms with Gasteiger partial charge in [-0.25, -0.2) is 13.1 Å². The summed E-state index contributed by atoms with van der Waals surface area (Å²) in [5.41, 5.74) is 1.60. The van der Waals surface area contributed by atoms with Crippen molar-refractivity contribution in [3.05, 3.63) is 71.1 Å². The highest BCUT2D eigenvalue weighted by Crippen LogP contribution is 2.26. The summed E-state index contributed by atoms with van der Waals surface area (Å²) in [5, 5.41) is 1.15. The van der Waals surface area contributed by atoms with Gasteiger partial charge in [-0.2, -0.15) is 0 Å². The van der Waals surface area contributed by atoms with Crippen LogP contribution in [0, 0.1) is 0 Å². The van der Waals surface area contributed by atoms with Crippen LogP contribution in [0.4, 0.5) is 0 Å². The molecule has 0 aromatic heterocycles. The Morgan fingerprint density at radius 3 is 2.38 bits per heavy atom. The van der Waals surface area contributed by atoms with Gasteiger partial charge in [-0.15, -0.1) is 0 Å². The van der Waals surface area contributed by atoms with Crippen molar-refractivity contribution in [2.45, 2.75) is 6.10 Å². The summed E-state index contributed by atoms with van der Waals surface area (Å²) in [7, 11) is -0.463.